The van der Waals surface area contributed by atoms with Gasteiger partial charge in [0.2, 0.25) is 5.91 Å². The van der Waals surface area contributed by atoms with Crippen molar-refractivity contribution >= 4 is 11.7 Å². The molecule has 0 bridgehead atoms. The van der Waals surface area contributed by atoms with Gasteiger partial charge >= 0.3 is 0 Å². The van der Waals surface area contributed by atoms with Crippen molar-refractivity contribution in [3.63, 3.8) is 0 Å². The number of amides is 1. The van der Waals surface area contributed by atoms with Crippen molar-refractivity contribution in [3.05, 3.63) is 77.9 Å². The number of carbonyl (C=O) groups is 1. The van der Waals surface area contributed by atoms with Gasteiger partial charge in [0.15, 0.2) is 5.82 Å². The van der Waals surface area contributed by atoms with Gasteiger partial charge in [-0.2, -0.15) is 5.10 Å². The molecular weight excluding hydrogens is 441 g/mol. The van der Waals surface area contributed by atoms with E-state index in [-0.39, 0.29) is 23.8 Å². The van der Waals surface area contributed by atoms with Crippen molar-refractivity contribution < 1.29 is 9.18 Å². The number of anilines is 1. The highest BCUT2D eigenvalue weighted by molar-refractivity contribution is 5.76. The van der Waals surface area contributed by atoms with Crippen LogP contribution >= 0.6 is 0 Å². The number of carbonyl (C=O) groups excluding carboxylic acids is 1. The predicted octanol–water partition coefficient (Wildman–Crippen LogP) is 0.769. The maximum atomic E-state index is 13.1. The van der Waals surface area contributed by atoms with E-state index in [1.54, 1.807) is 28.0 Å². The van der Waals surface area contributed by atoms with Crippen molar-refractivity contribution in [1.82, 2.24) is 39.2 Å². The van der Waals surface area contributed by atoms with Crippen molar-refractivity contribution in [2.75, 3.05) is 31.1 Å². The lowest BCUT2D eigenvalue weighted by molar-refractivity contribution is -0.132. The van der Waals surface area contributed by atoms with Crippen LogP contribution in [-0.2, 0) is 11.3 Å². The van der Waals surface area contributed by atoms with Gasteiger partial charge in [0.05, 0.1) is 12.0 Å². The molecular formula is C22H20FN9O2. The van der Waals surface area contributed by atoms with E-state index < -0.39 is 0 Å². The summed E-state index contributed by atoms with van der Waals surface area (Å²) in [5.41, 5.74) is 0.713. The van der Waals surface area contributed by atoms with E-state index in [4.69, 9.17) is 0 Å². The third-order valence-electron chi connectivity index (χ3n) is 5.57. The number of hydrogen-bond donors (Lipinski definition) is 0. The van der Waals surface area contributed by atoms with Gasteiger partial charge in [0.25, 0.3) is 5.56 Å². The first-order chi connectivity index (χ1) is 16.6. The fraction of sp³-hybridized carbons (Fsp3) is 0.227. The minimum Gasteiger partial charge on any atom is -0.353 e. The number of rotatable bonds is 5. The zero-order valence-corrected chi connectivity index (χ0v) is 18.0. The highest BCUT2D eigenvalue weighted by atomic mass is 19.1. The normalized spacial score (nSPS) is 13.8. The smallest absolute Gasteiger partial charge is 0.254 e. The van der Waals surface area contributed by atoms with Crippen LogP contribution in [-0.4, -0.2) is 71.3 Å². The van der Waals surface area contributed by atoms with Gasteiger partial charge in [0, 0.05) is 43.9 Å². The first-order valence-corrected chi connectivity index (χ1v) is 10.6. The molecule has 1 saturated heterocycles. The second kappa shape index (κ2) is 9.17. The van der Waals surface area contributed by atoms with Gasteiger partial charge in [-0.3, -0.25) is 14.2 Å². The lowest BCUT2D eigenvalue weighted by Gasteiger charge is -2.35. The lowest BCUT2D eigenvalue weighted by Crippen LogP contribution is -2.50. The molecule has 0 saturated carbocycles. The Morgan fingerprint density at radius 3 is 2.38 bits per heavy atom. The Bertz CT molecular complexity index is 1350. The summed E-state index contributed by atoms with van der Waals surface area (Å²) in [6.07, 6.45) is 5.82. The molecule has 4 heterocycles. The molecule has 0 spiro atoms. The molecule has 172 valence electrons. The van der Waals surface area contributed by atoms with Gasteiger partial charge in [-0.25, -0.2) is 29.0 Å². The number of hydrogen-bond acceptors (Lipinski definition) is 8. The molecule has 0 atom stereocenters. The Balaban J connectivity index is 1.21. The number of piperazine rings is 1. The quantitative estimate of drug-likeness (QED) is 0.428. The molecule has 1 aromatic carbocycles. The highest BCUT2D eigenvalue weighted by Crippen LogP contribution is 2.17. The van der Waals surface area contributed by atoms with Crippen molar-refractivity contribution in [2.45, 2.75) is 6.54 Å². The Morgan fingerprint density at radius 1 is 0.912 bits per heavy atom. The standard InChI is InChI=1S/C22H20FN9O2/c23-17-3-1-16(2-4-17)18-9-21(33)31(15-27-18)11-22(34)30-7-5-29(6-8-30)19-10-20(26-13-25-19)32-14-24-12-28-32/h1-4,9-10,12-15H,5-8,11H2. The minimum atomic E-state index is -0.363. The predicted molar refractivity (Wildman–Crippen MR) is 120 cm³/mol. The molecule has 34 heavy (non-hydrogen) atoms. The monoisotopic (exact) mass is 461 g/mol. The van der Waals surface area contributed by atoms with E-state index in [0.29, 0.717) is 43.3 Å². The molecule has 1 fully saturated rings. The third kappa shape index (κ3) is 4.51. The molecule has 1 aliphatic rings. The molecule has 1 aliphatic heterocycles. The summed E-state index contributed by atoms with van der Waals surface area (Å²) in [6.45, 7) is 2.08. The van der Waals surface area contributed by atoms with Gasteiger partial charge in [-0.15, -0.1) is 0 Å². The van der Waals surface area contributed by atoms with Crippen LogP contribution in [0.25, 0.3) is 17.1 Å². The van der Waals surface area contributed by atoms with E-state index in [0.717, 1.165) is 5.82 Å². The summed E-state index contributed by atoms with van der Waals surface area (Å²) in [7, 11) is 0. The Morgan fingerprint density at radius 2 is 1.68 bits per heavy atom. The summed E-state index contributed by atoms with van der Waals surface area (Å²) in [6, 6.07) is 8.89. The van der Waals surface area contributed by atoms with Crippen molar-refractivity contribution in [3.8, 4) is 17.1 Å². The SMILES string of the molecule is O=C(Cn1cnc(-c2ccc(F)cc2)cc1=O)N1CCN(c2cc(-n3cncn3)ncn2)CC1. The molecule has 3 aromatic heterocycles. The fourth-order valence-electron chi connectivity index (χ4n) is 3.72. The number of halogens is 1. The van der Waals surface area contributed by atoms with Crippen LogP contribution in [0, 0.1) is 5.82 Å². The average Bonchev–Trinajstić information content (AvgIpc) is 3.41. The first kappa shape index (κ1) is 21.4. The molecule has 4 aromatic rings. The summed E-state index contributed by atoms with van der Waals surface area (Å²) >= 11 is 0. The van der Waals surface area contributed by atoms with Crippen LogP contribution in [0.4, 0.5) is 10.2 Å². The van der Waals surface area contributed by atoms with Gasteiger partial charge in [0.1, 0.15) is 37.2 Å². The van der Waals surface area contributed by atoms with E-state index in [1.807, 2.05) is 6.07 Å². The minimum absolute atomic E-state index is 0.0977. The van der Waals surface area contributed by atoms with Gasteiger partial charge < -0.3 is 9.80 Å². The molecule has 11 nitrogen and oxygen atoms in total. The summed E-state index contributed by atoms with van der Waals surface area (Å²) in [5, 5.41) is 4.08. The molecule has 0 aliphatic carbocycles. The maximum absolute atomic E-state index is 13.1. The Labute approximate surface area is 193 Å². The summed E-state index contributed by atoms with van der Waals surface area (Å²) < 4.78 is 15.9. The average molecular weight is 461 g/mol. The largest absolute Gasteiger partial charge is 0.353 e. The summed E-state index contributed by atoms with van der Waals surface area (Å²) in [5.74, 6) is 0.823. The van der Waals surface area contributed by atoms with E-state index in [2.05, 4.69) is 29.9 Å². The number of benzene rings is 1. The Kier molecular flexibility index (Phi) is 5.77. The molecule has 12 heteroatoms. The van der Waals surface area contributed by atoms with Crippen LogP contribution < -0.4 is 10.5 Å². The zero-order valence-electron chi connectivity index (χ0n) is 18.0. The highest BCUT2D eigenvalue weighted by Gasteiger charge is 2.23. The van der Waals surface area contributed by atoms with Crippen LogP contribution in [0.3, 0.4) is 0 Å². The maximum Gasteiger partial charge on any atom is 0.254 e. The van der Waals surface area contributed by atoms with E-state index >= 15 is 0 Å². The number of nitrogens with zero attached hydrogens (tertiary/aromatic N) is 9. The van der Waals surface area contributed by atoms with Crippen molar-refractivity contribution in [2.24, 2.45) is 0 Å². The fourth-order valence-corrected chi connectivity index (χ4v) is 3.72. The second-order valence-electron chi connectivity index (χ2n) is 7.69. The molecule has 1 amide bonds. The van der Waals surface area contributed by atoms with Crippen LogP contribution in [0.15, 0.2) is 66.5 Å². The van der Waals surface area contributed by atoms with Gasteiger partial charge in [-0.05, 0) is 24.3 Å². The topological polar surface area (TPSA) is 115 Å². The second-order valence-corrected chi connectivity index (χ2v) is 7.69. The van der Waals surface area contributed by atoms with Gasteiger partial charge in [-0.1, -0.05) is 0 Å². The van der Waals surface area contributed by atoms with E-state index in [9.17, 15) is 14.0 Å². The van der Waals surface area contributed by atoms with Crippen molar-refractivity contribution in [1.29, 1.82) is 0 Å². The lowest BCUT2D eigenvalue weighted by atomic mass is 10.1. The van der Waals surface area contributed by atoms with Crippen LogP contribution in [0.1, 0.15) is 0 Å². The Hall–Kier alpha value is -4.48. The summed E-state index contributed by atoms with van der Waals surface area (Å²) in [4.78, 5) is 45.8. The van der Waals surface area contributed by atoms with Crippen LogP contribution in [0.5, 0.6) is 0 Å². The number of aromatic nitrogens is 7. The molecule has 0 N–H and O–H groups in total. The molecule has 0 radical (unpaired) electrons. The van der Waals surface area contributed by atoms with E-state index in [1.165, 1.54) is 41.7 Å². The molecule has 5 rings (SSSR count). The van der Waals surface area contributed by atoms with Crippen LogP contribution in [0.2, 0.25) is 0 Å². The zero-order chi connectivity index (χ0) is 23.5. The third-order valence-corrected chi connectivity index (χ3v) is 5.57. The molecule has 0 unspecified atom stereocenters. The first-order valence-electron chi connectivity index (χ1n) is 10.6.